The van der Waals surface area contributed by atoms with E-state index in [0.29, 0.717) is 6.42 Å². The maximum atomic E-state index is 11.2. The molecule has 0 unspecified atom stereocenters. The molecule has 0 aromatic rings. The Balaban J connectivity index is 2.68. The predicted octanol–water partition coefficient (Wildman–Crippen LogP) is 2.41. The molecule has 1 heteroatoms. The average Bonchev–Trinajstić information content (AvgIpc) is 1.93. The highest BCUT2D eigenvalue weighted by Gasteiger charge is 2.09. The van der Waals surface area contributed by atoms with Crippen molar-refractivity contribution in [3.05, 3.63) is 36.0 Å². The average molecular weight is 148 g/mol. The Morgan fingerprint density at radius 1 is 1.73 bits per heavy atom. The summed E-state index contributed by atoms with van der Waals surface area (Å²) in [6.07, 6.45) is 6.97. The van der Waals surface area contributed by atoms with Crippen LogP contribution in [-0.2, 0) is 4.79 Å². The summed E-state index contributed by atoms with van der Waals surface area (Å²) in [5, 5.41) is 0. The Kier molecular flexibility index (Phi) is 2.42. The zero-order chi connectivity index (χ0) is 8.27. The van der Waals surface area contributed by atoms with Crippen LogP contribution in [-0.4, -0.2) is 5.78 Å². The Labute approximate surface area is 67.1 Å². The summed E-state index contributed by atoms with van der Waals surface area (Å²) in [6, 6.07) is 0. The Morgan fingerprint density at radius 2 is 2.45 bits per heavy atom. The van der Waals surface area contributed by atoms with E-state index < -0.39 is 0 Å². The van der Waals surface area contributed by atoms with Crippen LogP contribution in [0.1, 0.15) is 19.8 Å². The molecule has 0 aliphatic heterocycles. The van der Waals surface area contributed by atoms with E-state index in [1.54, 1.807) is 0 Å². The number of allylic oxidation sites excluding steroid dienone is 5. The van der Waals surface area contributed by atoms with Gasteiger partial charge in [-0.2, -0.15) is 0 Å². The summed E-state index contributed by atoms with van der Waals surface area (Å²) >= 11 is 0. The number of carbonyl (C=O) groups is 1. The van der Waals surface area contributed by atoms with E-state index >= 15 is 0 Å². The van der Waals surface area contributed by atoms with Gasteiger partial charge in [-0.15, -0.1) is 0 Å². The van der Waals surface area contributed by atoms with Gasteiger partial charge in [-0.05, 0) is 18.9 Å². The van der Waals surface area contributed by atoms with Gasteiger partial charge in [-0.1, -0.05) is 30.4 Å². The van der Waals surface area contributed by atoms with E-state index in [0.717, 1.165) is 17.6 Å². The molecular formula is C10H12O. The van der Waals surface area contributed by atoms with Crippen molar-refractivity contribution in [2.24, 2.45) is 0 Å². The van der Waals surface area contributed by atoms with Gasteiger partial charge in [-0.25, -0.2) is 0 Å². The minimum Gasteiger partial charge on any atom is -0.294 e. The molecule has 0 saturated heterocycles. The highest BCUT2D eigenvalue weighted by atomic mass is 16.1. The van der Waals surface area contributed by atoms with E-state index in [1.807, 2.05) is 25.2 Å². The normalized spacial score (nSPS) is 16.5. The van der Waals surface area contributed by atoms with Gasteiger partial charge in [0.2, 0.25) is 0 Å². The second-order valence-electron chi connectivity index (χ2n) is 2.88. The molecule has 0 radical (unpaired) electrons. The zero-order valence-corrected chi connectivity index (χ0v) is 6.76. The zero-order valence-electron chi connectivity index (χ0n) is 6.76. The van der Waals surface area contributed by atoms with Gasteiger partial charge < -0.3 is 0 Å². The molecule has 1 aliphatic rings. The summed E-state index contributed by atoms with van der Waals surface area (Å²) < 4.78 is 0. The van der Waals surface area contributed by atoms with Crippen molar-refractivity contribution >= 4 is 5.78 Å². The van der Waals surface area contributed by atoms with Gasteiger partial charge in [0, 0.05) is 6.42 Å². The molecule has 1 rings (SSSR count). The van der Waals surface area contributed by atoms with E-state index in [4.69, 9.17) is 0 Å². The fourth-order valence-electron chi connectivity index (χ4n) is 1.07. The molecule has 0 bridgehead atoms. The van der Waals surface area contributed by atoms with E-state index in [1.165, 1.54) is 0 Å². The Morgan fingerprint density at radius 3 is 3.00 bits per heavy atom. The summed E-state index contributed by atoms with van der Waals surface area (Å²) in [6.45, 7) is 5.70. The molecule has 0 fully saturated rings. The van der Waals surface area contributed by atoms with Crippen molar-refractivity contribution in [2.45, 2.75) is 19.8 Å². The maximum absolute atomic E-state index is 11.2. The lowest BCUT2D eigenvalue weighted by molar-refractivity contribution is -0.114. The largest absolute Gasteiger partial charge is 0.294 e. The maximum Gasteiger partial charge on any atom is 0.162 e. The van der Waals surface area contributed by atoms with Gasteiger partial charge in [-0.3, -0.25) is 4.79 Å². The molecule has 0 atom stereocenters. The van der Waals surface area contributed by atoms with E-state index in [-0.39, 0.29) is 5.78 Å². The van der Waals surface area contributed by atoms with Crippen LogP contribution in [0.3, 0.4) is 0 Å². The lowest BCUT2D eigenvalue weighted by atomic mass is 9.98. The summed E-state index contributed by atoms with van der Waals surface area (Å²) in [4.78, 5) is 11.2. The highest BCUT2D eigenvalue weighted by molar-refractivity contribution is 5.97. The van der Waals surface area contributed by atoms with Crippen LogP contribution in [0.4, 0.5) is 0 Å². The van der Waals surface area contributed by atoms with Crippen LogP contribution in [0.15, 0.2) is 36.0 Å². The van der Waals surface area contributed by atoms with E-state index in [2.05, 4.69) is 6.58 Å². The first-order valence-electron chi connectivity index (χ1n) is 3.73. The molecule has 0 aromatic carbocycles. The monoisotopic (exact) mass is 148 g/mol. The number of ketones is 1. The third-order valence-electron chi connectivity index (χ3n) is 1.59. The topological polar surface area (TPSA) is 17.1 Å². The molecule has 58 valence electrons. The number of hydrogen-bond acceptors (Lipinski definition) is 1. The number of carbonyl (C=O) groups excluding carboxylic acids is 1. The lowest BCUT2D eigenvalue weighted by Gasteiger charge is -2.06. The lowest BCUT2D eigenvalue weighted by Crippen LogP contribution is -2.03. The summed E-state index contributed by atoms with van der Waals surface area (Å²) in [5.74, 6) is 0.232. The number of Topliss-reactive ketones (excluding diaryl/α,β-unsaturated/α-hetero) is 1. The van der Waals surface area contributed by atoms with Crippen molar-refractivity contribution in [2.75, 3.05) is 0 Å². The third kappa shape index (κ3) is 2.19. The molecule has 0 heterocycles. The van der Waals surface area contributed by atoms with Gasteiger partial charge in [0.05, 0.1) is 0 Å². The van der Waals surface area contributed by atoms with Crippen LogP contribution in [0.25, 0.3) is 0 Å². The molecule has 0 amide bonds. The standard InChI is InChI=1S/C10H12O/c1-8(2)7-9-5-3-4-6-10(9)11/h3-5H,1,6-7H2,2H3. The second-order valence-corrected chi connectivity index (χ2v) is 2.88. The molecule has 0 aromatic heterocycles. The highest BCUT2D eigenvalue weighted by Crippen LogP contribution is 2.15. The van der Waals surface area contributed by atoms with Gasteiger partial charge in [0.25, 0.3) is 0 Å². The van der Waals surface area contributed by atoms with Crippen molar-refractivity contribution in [1.82, 2.24) is 0 Å². The van der Waals surface area contributed by atoms with Crippen LogP contribution >= 0.6 is 0 Å². The third-order valence-corrected chi connectivity index (χ3v) is 1.59. The number of hydrogen-bond donors (Lipinski definition) is 0. The molecule has 0 saturated carbocycles. The van der Waals surface area contributed by atoms with Crippen molar-refractivity contribution in [1.29, 1.82) is 0 Å². The fraction of sp³-hybridized carbons (Fsp3) is 0.300. The first kappa shape index (κ1) is 7.99. The minimum absolute atomic E-state index is 0.232. The van der Waals surface area contributed by atoms with Gasteiger partial charge in [0.15, 0.2) is 5.78 Å². The molecule has 0 N–H and O–H groups in total. The van der Waals surface area contributed by atoms with Crippen LogP contribution in [0.2, 0.25) is 0 Å². The van der Waals surface area contributed by atoms with Crippen LogP contribution < -0.4 is 0 Å². The fourth-order valence-corrected chi connectivity index (χ4v) is 1.07. The van der Waals surface area contributed by atoms with Crippen LogP contribution in [0, 0.1) is 0 Å². The van der Waals surface area contributed by atoms with E-state index in [9.17, 15) is 4.79 Å². The number of rotatable bonds is 2. The first-order chi connectivity index (χ1) is 5.20. The van der Waals surface area contributed by atoms with Crippen molar-refractivity contribution < 1.29 is 4.79 Å². The summed E-state index contributed by atoms with van der Waals surface area (Å²) in [7, 11) is 0. The van der Waals surface area contributed by atoms with Crippen molar-refractivity contribution in [3.63, 3.8) is 0 Å². The minimum atomic E-state index is 0.232. The summed E-state index contributed by atoms with van der Waals surface area (Å²) in [5.41, 5.74) is 1.93. The van der Waals surface area contributed by atoms with Gasteiger partial charge in [0.1, 0.15) is 0 Å². The quantitative estimate of drug-likeness (QED) is 0.549. The molecule has 1 nitrogen and oxygen atoms in total. The Bertz CT molecular complexity index is 244. The van der Waals surface area contributed by atoms with Crippen molar-refractivity contribution in [3.8, 4) is 0 Å². The molecule has 0 spiro atoms. The van der Waals surface area contributed by atoms with Gasteiger partial charge >= 0.3 is 0 Å². The Hall–Kier alpha value is -1.11. The smallest absolute Gasteiger partial charge is 0.162 e. The van der Waals surface area contributed by atoms with Crippen LogP contribution in [0.5, 0.6) is 0 Å². The first-order valence-corrected chi connectivity index (χ1v) is 3.73. The second kappa shape index (κ2) is 3.33. The molecule has 1 aliphatic carbocycles. The molecule has 11 heavy (non-hydrogen) atoms. The molecular weight excluding hydrogens is 136 g/mol. The predicted molar refractivity (Wildman–Crippen MR) is 46.3 cm³/mol. The SMILES string of the molecule is C=C(C)CC1=CC=CCC1=O.